The highest BCUT2D eigenvalue weighted by Gasteiger charge is 2.22. The number of carbonyl (C=O) groups is 1. The number of aliphatic hydroxyl groups excluding tert-OH is 1. The highest BCUT2D eigenvalue weighted by atomic mass is 35.5. The third-order valence-corrected chi connectivity index (χ3v) is 3.18. The van der Waals surface area contributed by atoms with Crippen LogP contribution in [0.4, 0.5) is 16.2 Å². The Bertz CT molecular complexity index is 543. The Morgan fingerprint density at radius 2 is 2.10 bits per heavy atom. The smallest absolute Gasteiger partial charge is 0.319 e. The van der Waals surface area contributed by atoms with E-state index < -0.39 is 17.1 Å². The number of hydrogen-bond acceptors (Lipinski definition) is 4. The van der Waals surface area contributed by atoms with Crippen molar-refractivity contribution in [1.29, 1.82) is 0 Å². The minimum Gasteiger partial charge on any atom is -0.391 e. The van der Waals surface area contributed by atoms with Gasteiger partial charge in [-0.1, -0.05) is 32.4 Å². The maximum Gasteiger partial charge on any atom is 0.319 e. The minimum atomic E-state index is -0.699. The van der Waals surface area contributed by atoms with Gasteiger partial charge < -0.3 is 15.7 Å². The number of carbonyl (C=O) groups excluding carboxylic acids is 1. The third kappa shape index (κ3) is 5.20. The largest absolute Gasteiger partial charge is 0.391 e. The van der Waals surface area contributed by atoms with Crippen LogP contribution >= 0.6 is 11.6 Å². The van der Waals surface area contributed by atoms with Gasteiger partial charge in [0.05, 0.1) is 21.7 Å². The normalized spacial score (nSPS) is 12.6. The summed E-state index contributed by atoms with van der Waals surface area (Å²) in [7, 11) is 0. The molecule has 3 N–H and O–H groups in total. The van der Waals surface area contributed by atoms with Crippen LogP contribution in [0.1, 0.15) is 20.8 Å². The monoisotopic (exact) mass is 315 g/mol. The summed E-state index contributed by atoms with van der Waals surface area (Å²) in [5.74, 6) is 0. The van der Waals surface area contributed by atoms with Crippen LogP contribution in [0.5, 0.6) is 0 Å². The highest BCUT2D eigenvalue weighted by Crippen LogP contribution is 2.26. The van der Waals surface area contributed by atoms with E-state index in [0.29, 0.717) is 0 Å². The Kier molecular flexibility index (Phi) is 5.51. The first-order chi connectivity index (χ1) is 9.61. The number of nitro groups is 1. The first-order valence-corrected chi connectivity index (χ1v) is 6.66. The second-order valence-electron chi connectivity index (χ2n) is 5.64. The van der Waals surface area contributed by atoms with Crippen LogP contribution < -0.4 is 10.6 Å². The van der Waals surface area contributed by atoms with E-state index in [1.54, 1.807) is 0 Å². The fourth-order valence-electron chi connectivity index (χ4n) is 1.38. The number of rotatable bonds is 4. The predicted octanol–water partition coefficient (Wildman–Crippen LogP) is 2.78. The summed E-state index contributed by atoms with van der Waals surface area (Å²) in [6.07, 6.45) is -0.699. The molecule has 0 heterocycles. The SMILES string of the molecule is CC(C)(C)C(O)CNC(=O)Nc1ccc([N+](=O)[O-])cc1Cl. The standard InChI is InChI=1S/C13H18ClN3O4/c1-13(2,3)11(18)7-15-12(19)16-10-5-4-8(17(20)21)6-9(10)14/h4-6,11,18H,7H2,1-3H3,(H2,15,16,19). The number of non-ortho nitro benzene ring substituents is 1. The molecule has 1 aromatic rings. The van der Waals surface area contributed by atoms with Gasteiger partial charge in [0, 0.05) is 18.7 Å². The fraction of sp³-hybridized carbons (Fsp3) is 0.462. The summed E-state index contributed by atoms with van der Waals surface area (Å²) in [5.41, 5.74) is -0.253. The van der Waals surface area contributed by atoms with Crippen LogP contribution in [-0.4, -0.2) is 28.7 Å². The lowest BCUT2D eigenvalue weighted by molar-refractivity contribution is -0.384. The summed E-state index contributed by atoms with van der Waals surface area (Å²) < 4.78 is 0. The van der Waals surface area contributed by atoms with Crippen molar-refractivity contribution in [2.75, 3.05) is 11.9 Å². The van der Waals surface area contributed by atoms with E-state index in [1.165, 1.54) is 12.1 Å². The van der Waals surface area contributed by atoms with E-state index in [1.807, 2.05) is 20.8 Å². The summed E-state index contributed by atoms with van der Waals surface area (Å²) >= 11 is 5.86. The number of halogens is 1. The van der Waals surface area contributed by atoms with Crippen LogP contribution in [0.3, 0.4) is 0 Å². The van der Waals surface area contributed by atoms with Crippen LogP contribution in [0.2, 0.25) is 5.02 Å². The molecule has 0 radical (unpaired) electrons. The van der Waals surface area contributed by atoms with Gasteiger partial charge in [0.15, 0.2) is 0 Å². The van der Waals surface area contributed by atoms with Gasteiger partial charge in [0.2, 0.25) is 0 Å². The Hall–Kier alpha value is -1.86. The fourth-order valence-corrected chi connectivity index (χ4v) is 1.60. The van der Waals surface area contributed by atoms with Crippen molar-refractivity contribution < 1.29 is 14.8 Å². The number of hydrogen-bond donors (Lipinski definition) is 3. The molecule has 8 heteroatoms. The predicted molar refractivity (Wildman–Crippen MR) is 80.6 cm³/mol. The van der Waals surface area contributed by atoms with E-state index in [-0.39, 0.29) is 28.4 Å². The quantitative estimate of drug-likeness (QED) is 0.587. The molecule has 0 saturated heterocycles. The Morgan fingerprint density at radius 3 is 2.57 bits per heavy atom. The van der Waals surface area contributed by atoms with Crippen LogP contribution in [-0.2, 0) is 0 Å². The molecule has 1 aromatic carbocycles. The Labute approximate surface area is 127 Å². The number of nitrogens with one attached hydrogen (secondary N) is 2. The Morgan fingerprint density at radius 1 is 1.48 bits per heavy atom. The molecular weight excluding hydrogens is 298 g/mol. The number of anilines is 1. The number of aliphatic hydroxyl groups is 1. The van der Waals surface area contributed by atoms with E-state index in [2.05, 4.69) is 10.6 Å². The number of amides is 2. The molecule has 1 unspecified atom stereocenters. The van der Waals surface area contributed by atoms with Crippen LogP contribution in [0.15, 0.2) is 18.2 Å². The van der Waals surface area contributed by atoms with E-state index in [0.717, 1.165) is 6.07 Å². The van der Waals surface area contributed by atoms with Crippen LogP contribution in [0.25, 0.3) is 0 Å². The molecule has 0 fully saturated rings. The van der Waals surface area contributed by atoms with Gasteiger partial charge in [-0.15, -0.1) is 0 Å². The van der Waals surface area contributed by atoms with E-state index >= 15 is 0 Å². The molecule has 0 aliphatic heterocycles. The summed E-state index contributed by atoms with van der Waals surface area (Å²) in [4.78, 5) is 21.7. The lowest BCUT2D eigenvalue weighted by Crippen LogP contribution is -2.40. The number of nitrogens with zero attached hydrogens (tertiary/aromatic N) is 1. The number of urea groups is 1. The average Bonchev–Trinajstić information content (AvgIpc) is 2.36. The maximum absolute atomic E-state index is 11.7. The van der Waals surface area contributed by atoms with Gasteiger partial charge in [-0.25, -0.2) is 4.79 Å². The second-order valence-corrected chi connectivity index (χ2v) is 6.05. The third-order valence-electron chi connectivity index (χ3n) is 2.87. The highest BCUT2D eigenvalue weighted by molar-refractivity contribution is 6.33. The first-order valence-electron chi connectivity index (χ1n) is 6.28. The van der Waals surface area contributed by atoms with E-state index in [4.69, 9.17) is 11.6 Å². The lowest BCUT2D eigenvalue weighted by Gasteiger charge is -2.25. The molecule has 116 valence electrons. The number of nitro benzene ring substituents is 1. The molecule has 0 saturated carbocycles. The van der Waals surface area contributed by atoms with Crippen molar-refractivity contribution in [1.82, 2.24) is 5.32 Å². The van der Waals surface area contributed by atoms with Gasteiger partial charge in [0.1, 0.15) is 0 Å². The molecule has 0 aliphatic rings. The van der Waals surface area contributed by atoms with Gasteiger partial charge >= 0.3 is 6.03 Å². The van der Waals surface area contributed by atoms with Crippen molar-refractivity contribution in [3.05, 3.63) is 33.3 Å². The maximum atomic E-state index is 11.7. The zero-order valence-electron chi connectivity index (χ0n) is 12.0. The topological polar surface area (TPSA) is 104 Å². The van der Waals surface area contributed by atoms with Crippen LogP contribution in [0, 0.1) is 15.5 Å². The Balaban J connectivity index is 2.62. The lowest BCUT2D eigenvalue weighted by atomic mass is 9.89. The molecule has 2 amide bonds. The molecule has 21 heavy (non-hydrogen) atoms. The van der Waals surface area contributed by atoms with Crippen molar-refractivity contribution >= 4 is 29.0 Å². The zero-order valence-corrected chi connectivity index (χ0v) is 12.8. The first kappa shape index (κ1) is 17.2. The van der Waals surface area contributed by atoms with Crippen molar-refractivity contribution in [2.45, 2.75) is 26.9 Å². The van der Waals surface area contributed by atoms with Gasteiger partial charge in [-0.2, -0.15) is 0 Å². The summed E-state index contributed by atoms with van der Waals surface area (Å²) in [6, 6.07) is 3.20. The van der Waals surface area contributed by atoms with Gasteiger partial charge in [-0.05, 0) is 11.5 Å². The molecule has 1 rings (SSSR count). The molecule has 0 aliphatic carbocycles. The molecule has 0 aromatic heterocycles. The van der Waals surface area contributed by atoms with E-state index in [9.17, 15) is 20.0 Å². The van der Waals surface area contributed by atoms with Crippen molar-refractivity contribution in [3.8, 4) is 0 Å². The van der Waals surface area contributed by atoms with Crippen molar-refractivity contribution in [3.63, 3.8) is 0 Å². The molecule has 7 nitrogen and oxygen atoms in total. The summed E-state index contributed by atoms with van der Waals surface area (Å²) in [6.45, 7) is 5.64. The molecule has 0 bridgehead atoms. The number of benzene rings is 1. The summed E-state index contributed by atoms with van der Waals surface area (Å²) in [5, 5.41) is 25.4. The minimum absolute atomic E-state index is 0.0655. The molecule has 0 spiro atoms. The van der Waals surface area contributed by atoms with Gasteiger partial charge in [-0.3, -0.25) is 10.1 Å². The second kappa shape index (κ2) is 6.73. The molecule has 1 atom stereocenters. The van der Waals surface area contributed by atoms with Gasteiger partial charge in [0.25, 0.3) is 5.69 Å². The average molecular weight is 316 g/mol. The molecular formula is C13H18ClN3O4. The zero-order chi connectivity index (χ0) is 16.2. The van der Waals surface area contributed by atoms with Crippen molar-refractivity contribution in [2.24, 2.45) is 5.41 Å².